The molecule has 0 aliphatic heterocycles. The van der Waals surface area contributed by atoms with Gasteiger partial charge in [0.25, 0.3) is 11.8 Å². The summed E-state index contributed by atoms with van der Waals surface area (Å²) in [7, 11) is 0. The Bertz CT molecular complexity index is 1150. The average Bonchev–Trinajstić information content (AvgIpc) is 2.79. The van der Waals surface area contributed by atoms with E-state index in [9.17, 15) is 14.4 Å². The number of halogens is 2. The Morgan fingerprint density at radius 2 is 1.59 bits per heavy atom. The lowest BCUT2D eigenvalue weighted by Crippen LogP contribution is -2.35. The topological polar surface area (TPSA) is 96.9 Å². The zero-order chi connectivity index (χ0) is 22.9. The predicted molar refractivity (Wildman–Crippen MR) is 122 cm³/mol. The molecule has 0 aromatic heterocycles. The molecule has 0 saturated carbocycles. The highest BCUT2D eigenvalue weighted by Gasteiger charge is 2.11. The maximum Gasteiger partial charge on any atom is 0.343 e. The summed E-state index contributed by atoms with van der Waals surface area (Å²) in [5.74, 6) is -1.11. The van der Waals surface area contributed by atoms with Crippen LogP contribution in [0, 0.1) is 0 Å². The van der Waals surface area contributed by atoms with Crippen LogP contribution >= 0.6 is 23.2 Å². The van der Waals surface area contributed by atoms with Crippen LogP contribution in [0.1, 0.15) is 26.3 Å². The van der Waals surface area contributed by atoms with Crippen LogP contribution in [0.15, 0.2) is 77.9 Å². The lowest BCUT2D eigenvalue weighted by Gasteiger charge is -2.06. The van der Waals surface area contributed by atoms with Gasteiger partial charge in [0, 0.05) is 5.02 Å². The molecule has 32 heavy (non-hydrogen) atoms. The van der Waals surface area contributed by atoms with Crippen molar-refractivity contribution in [1.82, 2.24) is 10.7 Å². The van der Waals surface area contributed by atoms with E-state index in [2.05, 4.69) is 15.8 Å². The third kappa shape index (κ3) is 6.66. The van der Waals surface area contributed by atoms with Crippen LogP contribution in [0.25, 0.3) is 0 Å². The molecule has 2 amide bonds. The molecule has 0 bridgehead atoms. The van der Waals surface area contributed by atoms with Gasteiger partial charge in [-0.3, -0.25) is 9.59 Å². The van der Waals surface area contributed by atoms with Gasteiger partial charge in [0.15, 0.2) is 0 Å². The number of esters is 1. The number of hydrogen-bond donors (Lipinski definition) is 2. The van der Waals surface area contributed by atoms with Gasteiger partial charge < -0.3 is 10.1 Å². The predicted octanol–water partition coefficient (Wildman–Crippen LogP) is 4.09. The fraction of sp³-hybridized carbons (Fsp3) is 0.0435. The van der Waals surface area contributed by atoms with Gasteiger partial charge in [-0.05, 0) is 66.2 Å². The molecule has 0 aliphatic rings. The lowest BCUT2D eigenvalue weighted by molar-refractivity contribution is -0.120. The molecule has 3 aromatic rings. The van der Waals surface area contributed by atoms with Crippen LogP contribution in [0.5, 0.6) is 5.75 Å². The van der Waals surface area contributed by atoms with Crippen molar-refractivity contribution >= 4 is 47.2 Å². The van der Waals surface area contributed by atoms with Crippen LogP contribution in [-0.2, 0) is 4.79 Å². The molecule has 0 saturated heterocycles. The van der Waals surface area contributed by atoms with Crippen LogP contribution < -0.4 is 15.5 Å². The Morgan fingerprint density at radius 1 is 0.906 bits per heavy atom. The number of nitrogens with one attached hydrogen (secondary N) is 2. The van der Waals surface area contributed by atoms with Gasteiger partial charge in [0.1, 0.15) is 5.75 Å². The van der Waals surface area contributed by atoms with E-state index in [1.807, 2.05) is 0 Å². The Hall–Kier alpha value is -3.68. The van der Waals surface area contributed by atoms with Gasteiger partial charge in [-0.1, -0.05) is 35.3 Å². The molecule has 0 fully saturated rings. The van der Waals surface area contributed by atoms with Gasteiger partial charge in [-0.25, -0.2) is 10.2 Å². The number of rotatable bonds is 7. The Morgan fingerprint density at radius 3 is 2.28 bits per heavy atom. The Balaban J connectivity index is 1.45. The summed E-state index contributed by atoms with van der Waals surface area (Å²) >= 11 is 11.7. The summed E-state index contributed by atoms with van der Waals surface area (Å²) in [5, 5.41) is 7.12. The fourth-order valence-electron chi connectivity index (χ4n) is 2.49. The van der Waals surface area contributed by atoms with Crippen molar-refractivity contribution in [2.24, 2.45) is 5.10 Å². The number of ether oxygens (including phenoxy) is 1. The second-order valence-corrected chi connectivity index (χ2v) is 7.26. The molecule has 0 atom stereocenters. The molecule has 162 valence electrons. The lowest BCUT2D eigenvalue weighted by atomic mass is 10.2. The van der Waals surface area contributed by atoms with Crippen molar-refractivity contribution < 1.29 is 19.1 Å². The van der Waals surface area contributed by atoms with Crippen LogP contribution in [0.2, 0.25) is 10.0 Å². The number of nitrogens with zero attached hydrogens (tertiary/aromatic N) is 1. The van der Waals surface area contributed by atoms with E-state index < -0.39 is 17.8 Å². The van der Waals surface area contributed by atoms with E-state index in [1.54, 1.807) is 72.8 Å². The number of hydrazone groups is 1. The third-order valence-corrected chi connectivity index (χ3v) is 4.68. The highest BCUT2D eigenvalue weighted by atomic mass is 35.5. The largest absolute Gasteiger partial charge is 0.423 e. The monoisotopic (exact) mass is 469 g/mol. The van der Waals surface area contributed by atoms with E-state index in [0.29, 0.717) is 26.9 Å². The first-order chi connectivity index (χ1) is 15.4. The first kappa shape index (κ1) is 23.0. The van der Waals surface area contributed by atoms with Crippen LogP contribution in [0.3, 0.4) is 0 Å². The van der Waals surface area contributed by atoms with Crippen molar-refractivity contribution in [3.8, 4) is 5.75 Å². The molecule has 2 N–H and O–H groups in total. The summed E-state index contributed by atoms with van der Waals surface area (Å²) in [4.78, 5) is 36.0. The van der Waals surface area contributed by atoms with E-state index in [4.69, 9.17) is 27.9 Å². The first-order valence-electron chi connectivity index (χ1n) is 9.35. The minimum atomic E-state index is -0.505. The molecule has 0 aliphatic carbocycles. The summed E-state index contributed by atoms with van der Waals surface area (Å²) in [6, 6.07) is 19.4. The van der Waals surface area contributed by atoms with Gasteiger partial charge in [-0.15, -0.1) is 0 Å². The van der Waals surface area contributed by atoms with E-state index >= 15 is 0 Å². The maximum absolute atomic E-state index is 12.1. The molecule has 0 spiro atoms. The van der Waals surface area contributed by atoms with E-state index in [0.717, 1.165) is 0 Å². The summed E-state index contributed by atoms with van der Waals surface area (Å²) in [5.41, 5.74) is 3.63. The van der Waals surface area contributed by atoms with Crippen molar-refractivity contribution in [3.05, 3.63) is 99.5 Å². The first-order valence-corrected chi connectivity index (χ1v) is 10.1. The molecule has 7 nitrogen and oxygen atoms in total. The SMILES string of the molecule is O=C(CNC(=O)c1ccccc1Cl)NN=Cc1ccc(OC(=O)c2ccc(Cl)cc2)cc1. The molecule has 3 rings (SSSR count). The maximum atomic E-state index is 12.1. The van der Waals surface area contributed by atoms with Crippen LogP contribution in [-0.4, -0.2) is 30.5 Å². The quantitative estimate of drug-likeness (QED) is 0.235. The minimum absolute atomic E-state index is 0.263. The Kier molecular flexibility index (Phi) is 7.96. The molecule has 0 heterocycles. The normalized spacial score (nSPS) is 10.6. The average molecular weight is 470 g/mol. The minimum Gasteiger partial charge on any atom is -0.423 e. The van der Waals surface area contributed by atoms with Crippen molar-refractivity contribution in [1.29, 1.82) is 0 Å². The van der Waals surface area contributed by atoms with Gasteiger partial charge in [-0.2, -0.15) is 5.10 Å². The molecular weight excluding hydrogens is 453 g/mol. The van der Waals surface area contributed by atoms with Gasteiger partial charge in [0.05, 0.1) is 28.9 Å². The number of benzene rings is 3. The van der Waals surface area contributed by atoms with E-state index in [-0.39, 0.29) is 12.1 Å². The van der Waals surface area contributed by atoms with Crippen LogP contribution in [0.4, 0.5) is 0 Å². The second-order valence-electron chi connectivity index (χ2n) is 6.42. The van der Waals surface area contributed by atoms with Crippen molar-refractivity contribution in [2.45, 2.75) is 0 Å². The summed E-state index contributed by atoms with van der Waals surface area (Å²) in [6.07, 6.45) is 1.42. The number of hydrogen-bond acceptors (Lipinski definition) is 5. The summed E-state index contributed by atoms with van der Waals surface area (Å²) in [6.45, 7) is -0.263. The number of carbonyl (C=O) groups excluding carboxylic acids is 3. The van der Waals surface area contributed by atoms with Crippen molar-refractivity contribution in [3.63, 3.8) is 0 Å². The molecule has 0 unspecified atom stereocenters. The highest BCUT2D eigenvalue weighted by Crippen LogP contribution is 2.16. The van der Waals surface area contributed by atoms with Gasteiger partial charge in [0.2, 0.25) is 0 Å². The van der Waals surface area contributed by atoms with E-state index in [1.165, 1.54) is 6.21 Å². The summed E-state index contributed by atoms with van der Waals surface area (Å²) < 4.78 is 5.29. The zero-order valence-electron chi connectivity index (χ0n) is 16.5. The fourth-order valence-corrected chi connectivity index (χ4v) is 2.84. The van der Waals surface area contributed by atoms with Crippen molar-refractivity contribution in [2.75, 3.05) is 6.54 Å². The molecule has 3 aromatic carbocycles. The third-order valence-electron chi connectivity index (χ3n) is 4.10. The molecule has 0 radical (unpaired) electrons. The Labute approximate surface area is 194 Å². The smallest absolute Gasteiger partial charge is 0.343 e. The number of carbonyl (C=O) groups is 3. The standard InChI is InChI=1S/C23H17Cl2N3O4/c24-17-9-7-16(8-10-17)23(31)32-18-11-5-15(6-12-18)13-27-28-21(29)14-26-22(30)19-3-1-2-4-20(19)25/h1-13H,14H2,(H,26,30)(H,28,29). The zero-order valence-corrected chi connectivity index (χ0v) is 18.1. The molecular formula is C23H17Cl2N3O4. The highest BCUT2D eigenvalue weighted by molar-refractivity contribution is 6.33. The number of amides is 2. The second kappa shape index (κ2) is 11.1. The molecule has 9 heteroatoms. The van der Waals surface area contributed by atoms with Gasteiger partial charge >= 0.3 is 5.97 Å².